The Hall–Kier alpha value is -2.85. The number of imide groups is 1. The number of hydrogen-bond donors (Lipinski definition) is 2. The van der Waals surface area contributed by atoms with Crippen LogP contribution in [0.3, 0.4) is 0 Å². The van der Waals surface area contributed by atoms with Crippen LogP contribution in [0.2, 0.25) is 5.02 Å². The van der Waals surface area contributed by atoms with Gasteiger partial charge in [0.05, 0.1) is 17.1 Å². The fourth-order valence-electron chi connectivity index (χ4n) is 2.99. The topological polar surface area (TPSA) is 77.6 Å². The van der Waals surface area contributed by atoms with E-state index in [9.17, 15) is 22.8 Å². The molecule has 2 heterocycles. The number of urea groups is 1. The maximum Gasteiger partial charge on any atom is 0.417 e. The molecule has 1 aromatic carbocycles. The first kappa shape index (κ1) is 21.8. The highest BCUT2D eigenvalue weighted by Crippen LogP contribution is 2.33. The number of carbonyl (C=O) groups excluding carboxylic acids is 2. The number of pyridine rings is 1. The summed E-state index contributed by atoms with van der Waals surface area (Å²) in [5.41, 5.74) is -0.335. The minimum absolute atomic E-state index is 0.0181. The maximum atomic E-state index is 12.7. The van der Waals surface area contributed by atoms with Crippen molar-refractivity contribution in [3.8, 4) is 0 Å². The second kappa shape index (κ2) is 9.31. The first-order valence-corrected chi connectivity index (χ1v) is 9.46. The SMILES string of the molecule is O=C(CN1CCN(c2ncc(C(F)(F)F)cc2Cl)CC1)NC(=O)Nc1ccccc1. The lowest BCUT2D eigenvalue weighted by Crippen LogP contribution is -2.50. The summed E-state index contributed by atoms with van der Waals surface area (Å²) in [5, 5.41) is 4.75. The lowest BCUT2D eigenvalue weighted by atomic mass is 10.2. The molecule has 1 aliphatic heterocycles. The Kier molecular flexibility index (Phi) is 6.78. The molecule has 30 heavy (non-hydrogen) atoms. The van der Waals surface area contributed by atoms with Crippen molar-refractivity contribution >= 4 is 35.0 Å². The monoisotopic (exact) mass is 441 g/mol. The van der Waals surface area contributed by atoms with Gasteiger partial charge in [0, 0.05) is 38.1 Å². The van der Waals surface area contributed by atoms with Gasteiger partial charge >= 0.3 is 12.2 Å². The average molecular weight is 442 g/mol. The Labute approximate surface area is 175 Å². The van der Waals surface area contributed by atoms with Gasteiger partial charge in [-0.15, -0.1) is 0 Å². The predicted molar refractivity (Wildman–Crippen MR) is 107 cm³/mol. The van der Waals surface area contributed by atoms with Crippen LogP contribution in [-0.4, -0.2) is 54.5 Å². The molecule has 0 spiro atoms. The highest BCUT2D eigenvalue weighted by molar-refractivity contribution is 6.33. The molecule has 160 valence electrons. The third-order valence-corrected chi connectivity index (χ3v) is 4.75. The molecule has 0 bridgehead atoms. The molecule has 1 fully saturated rings. The van der Waals surface area contributed by atoms with Crippen LogP contribution in [0.4, 0.5) is 29.5 Å². The smallest absolute Gasteiger partial charge is 0.353 e. The van der Waals surface area contributed by atoms with E-state index in [1.54, 1.807) is 35.2 Å². The number of nitrogens with zero attached hydrogens (tertiary/aromatic N) is 3. The van der Waals surface area contributed by atoms with E-state index in [2.05, 4.69) is 15.6 Å². The molecule has 2 N–H and O–H groups in total. The van der Waals surface area contributed by atoms with Gasteiger partial charge in [-0.3, -0.25) is 15.0 Å². The number of nitrogens with one attached hydrogen (secondary N) is 2. The average Bonchev–Trinajstić information content (AvgIpc) is 2.68. The Morgan fingerprint density at radius 3 is 2.37 bits per heavy atom. The number of halogens is 4. The van der Waals surface area contributed by atoms with Crippen molar-refractivity contribution in [3.63, 3.8) is 0 Å². The van der Waals surface area contributed by atoms with Gasteiger partial charge in [-0.25, -0.2) is 9.78 Å². The first-order chi connectivity index (χ1) is 14.2. The Morgan fingerprint density at radius 2 is 1.77 bits per heavy atom. The summed E-state index contributed by atoms with van der Waals surface area (Å²) in [4.78, 5) is 31.4. The summed E-state index contributed by atoms with van der Waals surface area (Å²) >= 11 is 5.99. The summed E-state index contributed by atoms with van der Waals surface area (Å²) in [5.74, 6) is -0.182. The van der Waals surface area contributed by atoms with Gasteiger partial charge in [-0.05, 0) is 18.2 Å². The summed E-state index contributed by atoms with van der Waals surface area (Å²) in [6, 6.07) is 8.96. The van der Waals surface area contributed by atoms with E-state index in [1.165, 1.54) is 0 Å². The van der Waals surface area contributed by atoms with E-state index >= 15 is 0 Å². The molecule has 3 rings (SSSR count). The van der Waals surface area contributed by atoms with Gasteiger partial charge in [-0.1, -0.05) is 29.8 Å². The molecular formula is C19H19ClF3N5O2. The molecule has 2 aromatic rings. The van der Waals surface area contributed by atoms with Gasteiger partial charge in [0.1, 0.15) is 5.82 Å². The first-order valence-electron chi connectivity index (χ1n) is 9.08. The lowest BCUT2D eigenvalue weighted by Gasteiger charge is -2.35. The highest BCUT2D eigenvalue weighted by atomic mass is 35.5. The standard InChI is InChI=1S/C19H19ClF3N5O2/c20-15-10-13(19(21,22)23)11-24-17(15)28-8-6-27(7-9-28)12-16(29)26-18(30)25-14-4-2-1-3-5-14/h1-5,10-11H,6-9,12H2,(H2,25,26,29,30). The van der Waals surface area contributed by atoms with Crippen molar-refractivity contribution in [1.29, 1.82) is 0 Å². The Bertz CT molecular complexity index is 903. The Balaban J connectivity index is 1.47. The van der Waals surface area contributed by atoms with Crippen LogP contribution in [0.15, 0.2) is 42.6 Å². The summed E-state index contributed by atoms with van der Waals surface area (Å²) < 4.78 is 38.2. The largest absolute Gasteiger partial charge is 0.417 e. The molecule has 0 unspecified atom stereocenters. The van der Waals surface area contributed by atoms with Crippen LogP contribution in [0, 0.1) is 0 Å². The van der Waals surface area contributed by atoms with Gasteiger partial charge in [0.25, 0.3) is 0 Å². The fraction of sp³-hybridized carbons (Fsp3) is 0.316. The van der Waals surface area contributed by atoms with Crippen LogP contribution in [0.25, 0.3) is 0 Å². The molecule has 1 saturated heterocycles. The van der Waals surface area contributed by atoms with Gasteiger partial charge in [0.15, 0.2) is 0 Å². The third kappa shape index (κ3) is 5.83. The number of carbonyl (C=O) groups is 2. The van der Waals surface area contributed by atoms with Crippen LogP contribution in [-0.2, 0) is 11.0 Å². The van der Waals surface area contributed by atoms with E-state index in [1.807, 2.05) is 4.90 Å². The molecule has 7 nitrogen and oxygen atoms in total. The molecule has 0 atom stereocenters. The van der Waals surface area contributed by atoms with Gasteiger partial charge in [-0.2, -0.15) is 13.2 Å². The third-order valence-electron chi connectivity index (χ3n) is 4.47. The minimum atomic E-state index is -4.51. The van der Waals surface area contributed by atoms with Crippen molar-refractivity contribution in [3.05, 3.63) is 53.2 Å². The number of hydrogen-bond acceptors (Lipinski definition) is 5. The number of benzene rings is 1. The quantitative estimate of drug-likeness (QED) is 0.761. The summed E-state index contributed by atoms with van der Waals surface area (Å²) in [7, 11) is 0. The van der Waals surface area contributed by atoms with E-state index in [0.717, 1.165) is 12.3 Å². The molecule has 0 aliphatic carbocycles. The highest BCUT2D eigenvalue weighted by Gasteiger charge is 2.32. The van der Waals surface area contributed by atoms with Gasteiger partial charge in [0.2, 0.25) is 5.91 Å². The number of amides is 3. The van der Waals surface area contributed by atoms with Crippen molar-refractivity contribution in [2.24, 2.45) is 0 Å². The van der Waals surface area contributed by atoms with E-state index in [-0.39, 0.29) is 17.4 Å². The predicted octanol–water partition coefficient (Wildman–Crippen LogP) is 3.22. The lowest BCUT2D eigenvalue weighted by molar-refractivity contribution is -0.137. The molecular weight excluding hydrogens is 423 g/mol. The molecule has 1 aromatic heterocycles. The second-order valence-corrected chi connectivity index (χ2v) is 7.07. The zero-order valence-electron chi connectivity index (χ0n) is 15.7. The number of aromatic nitrogens is 1. The second-order valence-electron chi connectivity index (χ2n) is 6.66. The van der Waals surface area contributed by atoms with E-state index in [4.69, 9.17) is 11.6 Å². The van der Waals surface area contributed by atoms with Crippen molar-refractivity contribution in [2.75, 3.05) is 42.9 Å². The molecule has 3 amide bonds. The molecule has 1 aliphatic rings. The number of rotatable bonds is 4. The van der Waals surface area contributed by atoms with Gasteiger partial charge < -0.3 is 10.2 Å². The van der Waals surface area contributed by atoms with Crippen LogP contribution < -0.4 is 15.5 Å². The maximum absolute atomic E-state index is 12.7. The van der Waals surface area contributed by atoms with E-state index < -0.39 is 23.7 Å². The van der Waals surface area contributed by atoms with Crippen LogP contribution >= 0.6 is 11.6 Å². The molecule has 0 saturated carbocycles. The van der Waals surface area contributed by atoms with Crippen molar-refractivity contribution in [1.82, 2.24) is 15.2 Å². The van der Waals surface area contributed by atoms with Crippen LogP contribution in [0.1, 0.15) is 5.56 Å². The molecule has 11 heteroatoms. The van der Waals surface area contributed by atoms with E-state index in [0.29, 0.717) is 31.9 Å². The summed E-state index contributed by atoms with van der Waals surface area (Å²) in [6.07, 6.45) is -3.75. The normalized spacial score (nSPS) is 15.0. The zero-order chi connectivity index (χ0) is 21.7. The number of alkyl halides is 3. The summed E-state index contributed by atoms with van der Waals surface area (Å²) in [6.45, 7) is 1.81. The zero-order valence-corrected chi connectivity index (χ0v) is 16.5. The van der Waals surface area contributed by atoms with Crippen molar-refractivity contribution < 1.29 is 22.8 Å². The molecule has 0 radical (unpaired) electrons. The minimum Gasteiger partial charge on any atom is -0.353 e. The fourth-order valence-corrected chi connectivity index (χ4v) is 3.28. The van der Waals surface area contributed by atoms with Crippen LogP contribution in [0.5, 0.6) is 0 Å². The Morgan fingerprint density at radius 1 is 1.10 bits per heavy atom. The number of anilines is 2. The number of piperazine rings is 1. The number of para-hydroxylation sites is 1. The van der Waals surface area contributed by atoms with Crippen molar-refractivity contribution in [2.45, 2.75) is 6.18 Å².